The van der Waals surface area contributed by atoms with Crippen LogP contribution in [-0.4, -0.2) is 20.1 Å². The molecule has 0 aliphatic heterocycles. The summed E-state index contributed by atoms with van der Waals surface area (Å²) in [7, 11) is 2.10. The van der Waals surface area contributed by atoms with Gasteiger partial charge in [-0.2, -0.15) is 0 Å². The maximum Gasteiger partial charge on any atom is 0.0426 e. The van der Waals surface area contributed by atoms with Crippen molar-refractivity contribution in [1.29, 1.82) is 0 Å². The van der Waals surface area contributed by atoms with Gasteiger partial charge >= 0.3 is 0 Å². The minimum absolute atomic E-state index is 0.768. The van der Waals surface area contributed by atoms with Crippen LogP contribution in [0.3, 0.4) is 0 Å². The minimum Gasteiger partial charge on any atom is -0.383 e. The van der Waals surface area contributed by atoms with Gasteiger partial charge < -0.3 is 10.2 Å². The first-order valence-corrected chi connectivity index (χ1v) is 6.81. The topological polar surface area (TPSA) is 15.3 Å². The Kier molecular flexibility index (Phi) is 4.69. The van der Waals surface area contributed by atoms with E-state index < -0.39 is 0 Å². The fourth-order valence-electron chi connectivity index (χ4n) is 1.95. The number of nitrogens with one attached hydrogen (secondary N) is 1. The highest BCUT2D eigenvalue weighted by Crippen LogP contribution is 2.20. The Morgan fingerprint density at radius 1 is 1.11 bits per heavy atom. The Morgan fingerprint density at radius 3 is 2.58 bits per heavy atom. The van der Waals surface area contributed by atoms with Gasteiger partial charge in [0, 0.05) is 36.5 Å². The lowest BCUT2D eigenvalue weighted by atomic mass is 10.2. The molecule has 0 fully saturated rings. The second-order valence-electron chi connectivity index (χ2n) is 4.64. The first-order chi connectivity index (χ1) is 9.16. The largest absolute Gasteiger partial charge is 0.383 e. The maximum absolute atomic E-state index is 6.00. The molecule has 2 rings (SSSR count). The third-order valence-corrected chi connectivity index (χ3v) is 3.39. The van der Waals surface area contributed by atoms with Crippen LogP contribution in [0.1, 0.15) is 5.56 Å². The molecule has 3 heteroatoms. The molecule has 0 aromatic heterocycles. The Morgan fingerprint density at radius 2 is 1.84 bits per heavy atom. The number of nitrogens with zero attached hydrogens (tertiary/aromatic N) is 1. The molecule has 0 bridgehead atoms. The molecule has 0 atom stereocenters. The van der Waals surface area contributed by atoms with Gasteiger partial charge in [0.15, 0.2) is 0 Å². The summed E-state index contributed by atoms with van der Waals surface area (Å²) in [5, 5.41) is 4.20. The number of benzene rings is 2. The Balaban J connectivity index is 1.88. The number of likely N-dealkylation sites (N-methyl/N-ethyl adjacent to an activating group) is 1. The number of halogens is 1. The van der Waals surface area contributed by atoms with E-state index in [0.29, 0.717) is 0 Å². The molecule has 2 aromatic carbocycles. The summed E-state index contributed by atoms with van der Waals surface area (Å²) in [5.41, 5.74) is 3.55. The van der Waals surface area contributed by atoms with Gasteiger partial charge in [-0.05, 0) is 36.8 Å². The lowest BCUT2D eigenvalue weighted by Gasteiger charge is -2.20. The Bertz CT molecular complexity index is 526. The predicted octanol–water partition coefficient (Wildman–Crippen LogP) is 4.20. The average molecular weight is 275 g/mol. The van der Waals surface area contributed by atoms with Crippen LogP contribution >= 0.6 is 11.6 Å². The highest BCUT2D eigenvalue weighted by Gasteiger charge is 2.01. The van der Waals surface area contributed by atoms with E-state index in [1.165, 1.54) is 11.3 Å². The number of hydrogen-bond donors (Lipinski definition) is 1. The maximum atomic E-state index is 6.00. The number of rotatable bonds is 5. The van der Waals surface area contributed by atoms with Gasteiger partial charge in [0.2, 0.25) is 0 Å². The fourth-order valence-corrected chi connectivity index (χ4v) is 2.13. The van der Waals surface area contributed by atoms with Crippen molar-refractivity contribution in [3.8, 4) is 0 Å². The molecule has 2 nitrogen and oxygen atoms in total. The molecule has 0 saturated heterocycles. The van der Waals surface area contributed by atoms with Crippen LogP contribution in [0.4, 0.5) is 11.4 Å². The van der Waals surface area contributed by atoms with Crippen molar-refractivity contribution in [3.05, 3.63) is 59.1 Å². The molecule has 0 spiro atoms. The van der Waals surface area contributed by atoms with Gasteiger partial charge in [0.1, 0.15) is 0 Å². The molecule has 1 N–H and O–H groups in total. The van der Waals surface area contributed by atoms with Gasteiger partial charge in [-0.3, -0.25) is 0 Å². The average Bonchev–Trinajstić information content (AvgIpc) is 2.43. The summed E-state index contributed by atoms with van der Waals surface area (Å²) in [6, 6.07) is 16.3. The molecule has 0 unspecified atom stereocenters. The van der Waals surface area contributed by atoms with Crippen molar-refractivity contribution in [1.82, 2.24) is 0 Å². The fraction of sp³-hybridized carbons (Fsp3) is 0.250. The van der Waals surface area contributed by atoms with Crippen molar-refractivity contribution in [3.63, 3.8) is 0 Å². The summed E-state index contributed by atoms with van der Waals surface area (Å²) in [4.78, 5) is 2.23. The second kappa shape index (κ2) is 6.48. The van der Waals surface area contributed by atoms with Gasteiger partial charge in [0.25, 0.3) is 0 Å². The summed E-state index contributed by atoms with van der Waals surface area (Å²) < 4.78 is 0. The first-order valence-electron chi connectivity index (χ1n) is 6.43. The van der Waals surface area contributed by atoms with Crippen LogP contribution in [0.5, 0.6) is 0 Å². The highest BCUT2D eigenvalue weighted by atomic mass is 35.5. The van der Waals surface area contributed by atoms with Crippen LogP contribution in [0.2, 0.25) is 5.02 Å². The zero-order valence-corrected chi connectivity index (χ0v) is 12.1. The molecular formula is C16H19ClN2. The van der Waals surface area contributed by atoms with Crippen LogP contribution in [0.15, 0.2) is 48.5 Å². The molecule has 100 valence electrons. The quantitative estimate of drug-likeness (QED) is 0.879. The third kappa shape index (κ3) is 3.90. The Labute approximate surface area is 120 Å². The molecule has 0 radical (unpaired) electrons. The lowest BCUT2D eigenvalue weighted by Crippen LogP contribution is -2.24. The third-order valence-electron chi connectivity index (χ3n) is 3.16. The van der Waals surface area contributed by atoms with Crippen LogP contribution < -0.4 is 10.2 Å². The van der Waals surface area contributed by atoms with E-state index in [4.69, 9.17) is 11.6 Å². The van der Waals surface area contributed by atoms with E-state index in [9.17, 15) is 0 Å². The number of aryl methyl sites for hydroxylation is 1. The van der Waals surface area contributed by atoms with E-state index in [1.807, 2.05) is 24.3 Å². The van der Waals surface area contributed by atoms with E-state index in [0.717, 1.165) is 23.8 Å². The van der Waals surface area contributed by atoms with Gasteiger partial charge in [0.05, 0.1) is 0 Å². The smallest absolute Gasteiger partial charge is 0.0426 e. The highest BCUT2D eigenvalue weighted by molar-refractivity contribution is 6.30. The summed E-state index contributed by atoms with van der Waals surface area (Å²) in [6.45, 7) is 3.90. The Hall–Kier alpha value is -1.67. The van der Waals surface area contributed by atoms with Crippen molar-refractivity contribution in [2.75, 3.05) is 30.4 Å². The van der Waals surface area contributed by atoms with Crippen LogP contribution in [0.25, 0.3) is 0 Å². The summed E-state index contributed by atoms with van der Waals surface area (Å²) >= 11 is 6.00. The van der Waals surface area contributed by atoms with Crippen LogP contribution in [0, 0.1) is 6.92 Å². The molecule has 19 heavy (non-hydrogen) atoms. The standard InChI is InChI=1S/C16H19ClN2/c1-13-8-9-14(17)12-16(13)18-10-11-19(2)15-6-4-3-5-7-15/h3-9,12,18H,10-11H2,1-2H3. The summed E-state index contributed by atoms with van der Waals surface area (Å²) in [5.74, 6) is 0. The first kappa shape index (κ1) is 13.8. The normalized spacial score (nSPS) is 10.3. The molecule has 0 heterocycles. The number of hydrogen-bond acceptors (Lipinski definition) is 2. The van der Waals surface area contributed by atoms with E-state index >= 15 is 0 Å². The number of para-hydroxylation sites is 1. The van der Waals surface area contributed by atoms with Crippen molar-refractivity contribution in [2.45, 2.75) is 6.92 Å². The van der Waals surface area contributed by atoms with Crippen molar-refractivity contribution in [2.24, 2.45) is 0 Å². The predicted molar refractivity (Wildman–Crippen MR) is 84.4 cm³/mol. The lowest BCUT2D eigenvalue weighted by molar-refractivity contribution is 0.914. The van der Waals surface area contributed by atoms with E-state index in [-0.39, 0.29) is 0 Å². The SMILES string of the molecule is Cc1ccc(Cl)cc1NCCN(C)c1ccccc1. The monoisotopic (exact) mass is 274 g/mol. The zero-order valence-electron chi connectivity index (χ0n) is 11.4. The molecule has 0 saturated carbocycles. The molecule has 0 aliphatic rings. The van der Waals surface area contributed by atoms with Crippen LogP contribution in [-0.2, 0) is 0 Å². The van der Waals surface area contributed by atoms with Crippen molar-refractivity contribution >= 4 is 23.0 Å². The summed E-state index contributed by atoms with van der Waals surface area (Å²) in [6.07, 6.45) is 0. The zero-order chi connectivity index (χ0) is 13.7. The van der Waals surface area contributed by atoms with Gasteiger partial charge in [-0.25, -0.2) is 0 Å². The second-order valence-corrected chi connectivity index (χ2v) is 5.08. The van der Waals surface area contributed by atoms with E-state index in [2.05, 4.69) is 48.5 Å². The molecule has 0 amide bonds. The van der Waals surface area contributed by atoms with E-state index in [1.54, 1.807) is 0 Å². The van der Waals surface area contributed by atoms with Gasteiger partial charge in [-0.1, -0.05) is 35.9 Å². The molecule has 0 aliphatic carbocycles. The van der Waals surface area contributed by atoms with Crippen molar-refractivity contribution < 1.29 is 0 Å². The van der Waals surface area contributed by atoms with Gasteiger partial charge in [-0.15, -0.1) is 0 Å². The minimum atomic E-state index is 0.768. The molecular weight excluding hydrogens is 256 g/mol. The molecule has 2 aromatic rings. The number of anilines is 2.